The third kappa shape index (κ3) is 5.45. The van der Waals surface area contributed by atoms with Crippen molar-refractivity contribution in [1.82, 2.24) is 10.0 Å². The van der Waals surface area contributed by atoms with Crippen LogP contribution in [0.25, 0.3) is 0 Å². The monoisotopic (exact) mass is 250 g/mol. The molecule has 1 rings (SSSR count). The minimum atomic E-state index is -0.117. The van der Waals surface area contributed by atoms with Crippen LogP contribution in [-0.4, -0.2) is 30.3 Å². The lowest BCUT2D eigenvalue weighted by molar-refractivity contribution is -0.0282. The first-order valence-electron chi connectivity index (χ1n) is 5.42. The number of rotatable bonds is 7. The SMILES string of the molecule is CC(C)NC1CC1OC(C)(C)CNSS. The van der Waals surface area contributed by atoms with Crippen LogP contribution in [-0.2, 0) is 4.74 Å². The van der Waals surface area contributed by atoms with Gasteiger partial charge in [-0.05, 0) is 31.2 Å². The van der Waals surface area contributed by atoms with Crippen molar-refractivity contribution in [3.8, 4) is 0 Å². The van der Waals surface area contributed by atoms with Crippen molar-refractivity contribution in [2.24, 2.45) is 0 Å². The summed E-state index contributed by atoms with van der Waals surface area (Å²) < 4.78 is 9.10. The van der Waals surface area contributed by atoms with Gasteiger partial charge in [0.25, 0.3) is 0 Å². The Bertz CT molecular complexity index is 200. The fourth-order valence-corrected chi connectivity index (χ4v) is 2.17. The quantitative estimate of drug-likeness (QED) is 0.367. The largest absolute Gasteiger partial charge is 0.369 e. The number of nitrogens with one attached hydrogen (secondary N) is 2. The molecule has 0 amide bonds. The molecule has 2 N–H and O–H groups in total. The molecule has 1 aliphatic rings. The average Bonchev–Trinajstić information content (AvgIpc) is 2.78. The summed E-state index contributed by atoms with van der Waals surface area (Å²) in [7, 11) is 1.34. The van der Waals surface area contributed by atoms with E-state index in [-0.39, 0.29) is 5.60 Å². The molecule has 2 unspecified atom stereocenters. The van der Waals surface area contributed by atoms with Crippen LogP contribution in [0, 0.1) is 0 Å². The lowest BCUT2D eigenvalue weighted by Crippen LogP contribution is -2.37. The van der Waals surface area contributed by atoms with E-state index in [0.717, 1.165) is 13.0 Å². The van der Waals surface area contributed by atoms with Crippen LogP contribution in [0.5, 0.6) is 0 Å². The molecule has 1 fully saturated rings. The summed E-state index contributed by atoms with van der Waals surface area (Å²) in [5.41, 5.74) is -0.117. The van der Waals surface area contributed by atoms with Crippen LogP contribution >= 0.6 is 22.6 Å². The zero-order valence-corrected chi connectivity index (χ0v) is 11.6. The molecule has 1 aliphatic carbocycles. The second kappa shape index (κ2) is 5.77. The Morgan fingerprint density at radius 3 is 2.73 bits per heavy atom. The van der Waals surface area contributed by atoms with Crippen LogP contribution in [0.1, 0.15) is 34.1 Å². The van der Waals surface area contributed by atoms with Crippen molar-refractivity contribution in [2.45, 2.75) is 57.9 Å². The Kier molecular flexibility index (Phi) is 5.25. The smallest absolute Gasteiger partial charge is 0.0764 e. The molecule has 0 radical (unpaired) electrons. The molecule has 0 spiro atoms. The lowest BCUT2D eigenvalue weighted by atomic mass is 10.1. The van der Waals surface area contributed by atoms with Crippen LogP contribution in [0.3, 0.4) is 0 Å². The highest BCUT2D eigenvalue weighted by atomic mass is 33.1. The van der Waals surface area contributed by atoms with Gasteiger partial charge in [-0.3, -0.25) is 4.72 Å². The number of hydrogen-bond donors (Lipinski definition) is 3. The Balaban J connectivity index is 2.19. The molecule has 0 bridgehead atoms. The van der Waals surface area contributed by atoms with Gasteiger partial charge in [-0.15, -0.1) is 0 Å². The summed E-state index contributed by atoms with van der Waals surface area (Å²) in [6.45, 7) is 9.36. The molecule has 5 heteroatoms. The molecule has 0 heterocycles. The van der Waals surface area contributed by atoms with Gasteiger partial charge in [-0.25, -0.2) is 0 Å². The van der Waals surface area contributed by atoms with Gasteiger partial charge in [-0.1, -0.05) is 25.5 Å². The van der Waals surface area contributed by atoms with Crippen molar-refractivity contribution >= 4 is 22.6 Å². The zero-order chi connectivity index (χ0) is 11.5. The van der Waals surface area contributed by atoms with E-state index < -0.39 is 0 Å². The van der Waals surface area contributed by atoms with E-state index in [1.165, 1.54) is 11.0 Å². The van der Waals surface area contributed by atoms with E-state index in [1.807, 2.05) is 0 Å². The van der Waals surface area contributed by atoms with E-state index >= 15 is 0 Å². The Labute approximate surface area is 102 Å². The van der Waals surface area contributed by atoms with Gasteiger partial charge in [-0.2, -0.15) is 0 Å². The number of ether oxygens (including phenoxy) is 1. The Morgan fingerprint density at radius 2 is 2.20 bits per heavy atom. The Hall–Kier alpha value is 0.580. The summed E-state index contributed by atoms with van der Waals surface area (Å²) in [6, 6.07) is 1.09. The minimum Gasteiger partial charge on any atom is -0.369 e. The highest BCUT2D eigenvalue weighted by Gasteiger charge is 2.41. The molecular weight excluding hydrogens is 228 g/mol. The van der Waals surface area contributed by atoms with Crippen molar-refractivity contribution < 1.29 is 4.74 Å². The fourth-order valence-electron chi connectivity index (χ4n) is 1.56. The summed E-state index contributed by atoms with van der Waals surface area (Å²) in [5.74, 6) is 0. The second-order valence-corrected chi connectivity index (χ2v) is 6.01. The van der Waals surface area contributed by atoms with Gasteiger partial charge in [0.15, 0.2) is 0 Å². The van der Waals surface area contributed by atoms with Gasteiger partial charge in [0.1, 0.15) is 0 Å². The first-order chi connectivity index (χ1) is 6.94. The van der Waals surface area contributed by atoms with Gasteiger partial charge < -0.3 is 10.1 Å². The van der Waals surface area contributed by atoms with Gasteiger partial charge in [0.2, 0.25) is 0 Å². The van der Waals surface area contributed by atoms with E-state index in [2.05, 4.69) is 49.4 Å². The van der Waals surface area contributed by atoms with E-state index in [0.29, 0.717) is 18.2 Å². The fraction of sp³-hybridized carbons (Fsp3) is 1.00. The van der Waals surface area contributed by atoms with E-state index in [9.17, 15) is 0 Å². The van der Waals surface area contributed by atoms with Gasteiger partial charge >= 0.3 is 0 Å². The van der Waals surface area contributed by atoms with Gasteiger partial charge in [0.05, 0.1) is 11.7 Å². The van der Waals surface area contributed by atoms with Crippen molar-refractivity contribution in [3.63, 3.8) is 0 Å². The minimum absolute atomic E-state index is 0.117. The van der Waals surface area contributed by atoms with Gasteiger partial charge in [0, 0.05) is 18.6 Å². The number of thiol groups is 1. The molecular formula is C10H22N2OS2. The molecule has 0 aromatic rings. The Morgan fingerprint density at radius 1 is 1.53 bits per heavy atom. The highest BCUT2D eigenvalue weighted by Crippen LogP contribution is 2.30. The third-order valence-electron chi connectivity index (χ3n) is 2.31. The zero-order valence-electron chi connectivity index (χ0n) is 9.91. The van der Waals surface area contributed by atoms with Crippen molar-refractivity contribution in [2.75, 3.05) is 6.54 Å². The summed E-state index contributed by atoms with van der Waals surface area (Å²) in [5, 5.41) is 3.48. The lowest BCUT2D eigenvalue weighted by Gasteiger charge is -2.25. The standard InChI is InChI=1S/C10H22N2OS2/c1-7(2)12-8-5-9(8)13-10(3,4)6-11-15-14/h7-9,11-12,14H,5-6H2,1-4H3. The van der Waals surface area contributed by atoms with E-state index in [1.54, 1.807) is 0 Å². The maximum absolute atomic E-state index is 5.99. The molecule has 15 heavy (non-hydrogen) atoms. The maximum atomic E-state index is 5.99. The third-order valence-corrected chi connectivity index (χ3v) is 2.97. The van der Waals surface area contributed by atoms with Crippen LogP contribution in [0.2, 0.25) is 0 Å². The first kappa shape index (κ1) is 13.6. The van der Waals surface area contributed by atoms with Crippen LogP contribution in [0.4, 0.5) is 0 Å². The molecule has 0 aromatic carbocycles. The molecule has 2 atom stereocenters. The van der Waals surface area contributed by atoms with E-state index in [4.69, 9.17) is 4.74 Å². The maximum Gasteiger partial charge on any atom is 0.0764 e. The molecule has 1 saturated carbocycles. The summed E-state index contributed by atoms with van der Waals surface area (Å²) in [4.78, 5) is 0. The van der Waals surface area contributed by atoms with Crippen LogP contribution < -0.4 is 10.0 Å². The molecule has 0 aliphatic heterocycles. The number of hydrogen-bond acceptors (Lipinski definition) is 5. The predicted octanol–water partition coefficient (Wildman–Crippen LogP) is 2.00. The molecule has 3 nitrogen and oxygen atoms in total. The van der Waals surface area contributed by atoms with Crippen LogP contribution in [0.15, 0.2) is 0 Å². The average molecular weight is 250 g/mol. The highest BCUT2D eigenvalue weighted by molar-refractivity contribution is 8.67. The first-order valence-corrected chi connectivity index (χ1v) is 7.28. The summed E-state index contributed by atoms with van der Waals surface area (Å²) in [6.07, 6.45) is 1.52. The molecule has 0 saturated heterocycles. The normalized spacial score (nSPS) is 26.0. The summed E-state index contributed by atoms with van der Waals surface area (Å²) >= 11 is 4.04. The van der Waals surface area contributed by atoms with Crippen molar-refractivity contribution in [3.05, 3.63) is 0 Å². The molecule has 90 valence electrons. The van der Waals surface area contributed by atoms with Crippen molar-refractivity contribution in [1.29, 1.82) is 0 Å². The second-order valence-electron chi connectivity index (χ2n) is 4.99. The molecule has 0 aromatic heterocycles. The topological polar surface area (TPSA) is 33.3 Å². The predicted molar refractivity (Wildman–Crippen MR) is 70.2 cm³/mol.